The first-order valence-electron chi connectivity index (χ1n) is 22.1. The summed E-state index contributed by atoms with van der Waals surface area (Å²) in [5.41, 5.74) is 2.13. The van der Waals surface area contributed by atoms with Gasteiger partial charge in [-0.2, -0.15) is 0 Å². The lowest BCUT2D eigenvalue weighted by molar-refractivity contribution is 0.0596. The molecule has 3 aliphatic rings. The summed E-state index contributed by atoms with van der Waals surface area (Å²) in [4.78, 5) is 112. The van der Waals surface area contributed by atoms with Gasteiger partial charge in [0.1, 0.15) is 0 Å². The molecule has 0 aliphatic carbocycles. The largest absolute Gasteiger partial charge is 0.351 e. The number of nitrogens with one attached hydrogen (secondary N) is 4. The van der Waals surface area contributed by atoms with Crippen LogP contribution >= 0.6 is 23.2 Å². The van der Waals surface area contributed by atoms with Gasteiger partial charge in [-0.25, -0.2) is 4.90 Å². The maximum atomic E-state index is 14.1. The van der Waals surface area contributed by atoms with Crippen molar-refractivity contribution in [3.8, 4) is 0 Å². The minimum absolute atomic E-state index is 0.00120. The molecule has 344 valence electrons. The second-order valence-corrected chi connectivity index (χ2v) is 17.4. The molecule has 0 saturated carbocycles. The maximum absolute atomic E-state index is 14.1. The molecule has 7 aromatic rings. The molecule has 0 fully saturated rings. The molecule has 69 heavy (non-hydrogen) atoms. The van der Waals surface area contributed by atoms with Gasteiger partial charge < -0.3 is 21.3 Å². The fourth-order valence-electron chi connectivity index (χ4n) is 9.26. The van der Waals surface area contributed by atoms with Gasteiger partial charge in [-0.05, 0) is 72.1 Å². The van der Waals surface area contributed by atoms with Crippen molar-refractivity contribution in [2.45, 2.75) is 0 Å². The van der Waals surface area contributed by atoms with Gasteiger partial charge in [0.25, 0.3) is 47.3 Å². The number of halogens is 2. The van der Waals surface area contributed by atoms with E-state index in [1.54, 1.807) is 97.1 Å². The number of nitrogens with zero attached hydrogens (tertiary/aromatic N) is 3. The van der Waals surface area contributed by atoms with Gasteiger partial charge in [-0.3, -0.25) is 48.2 Å². The van der Waals surface area contributed by atoms with Gasteiger partial charge >= 0.3 is 0 Å². The third-order valence-electron chi connectivity index (χ3n) is 12.5. The molecule has 0 unspecified atom stereocenters. The van der Waals surface area contributed by atoms with Crippen LogP contribution in [0.1, 0.15) is 82.9 Å². The van der Waals surface area contributed by atoms with E-state index in [1.807, 2.05) is 0 Å². The van der Waals surface area contributed by atoms with Crippen molar-refractivity contribution in [1.29, 1.82) is 0 Å². The minimum Gasteiger partial charge on any atom is -0.351 e. The number of hydrogen-bond acceptors (Lipinski definition) is 10. The van der Waals surface area contributed by atoms with Crippen LogP contribution in [0.2, 0.25) is 10.0 Å². The molecular formula is C52H39Cl2N7O8. The first-order valence-corrected chi connectivity index (χ1v) is 22.9. The van der Waals surface area contributed by atoms with Crippen molar-refractivity contribution >= 4 is 108 Å². The summed E-state index contributed by atoms with van der Waals surface area (Å²) >= 11 is 12.7. The zero-order valence-corrected chi connectivity index (χ0v) is 38.0. The van der Waals surface area contributed by atoms with Crippen molar-refractivity contribution < 1.29 is 38.4 Å². The number of anilines is 1. The first kappa shape index (κ1) is 45.0. The number of carbonyl (C=O) groups is 8. The van der Waals surface area contributed by atoms with Crippen LogP contribution in [0.4, 0.5) is 5.69 Å². The standard InChI is InChI=1S/C52H39Cl2N7O8/c53-40-15-13-38-43-32(40)7-3-11-36(43)47(64)59(49(38)66)23-21-55-17-19-57-45(62)29-25-30(27-31(26-29)61-51(68)34-9-1-5-28-6-2-10-35(42(28)34)52(61)69)46(63)58-20-18-56-22-24-60-48(65)37-12-4-8-33-41(54)16-14-39(44(33)37)50(60)67/h1-16,25-27,55-56H,17-24H2,(H,57,62)(H,58,63). The zero-order valence-electron chi connectivity index (χ0n) is 36.5. The molecule has 0 saturated heterocycles. The quantitative estimate of drug-likeness (QED) is 0.0653. The third-order valence-corrected chi connectivity index (χ3v) is 13.2. The lowest BCUT2D eigenvalue weighted by Crippen LogP contribution is -2.44. The van der Waals surface area contributed by atoms with Gasteiger partial charge in [0.2, 0.25) is 0 Å². The molecule has 3 aliphatic heterocycles. The van der Waals surface area contributed by atoms with E-state index in [0.29, 0.717) is 64.6 Å². The summed E-state index contributed by atoms with van der Waals surface area (Å²) in [6, 6.07) is 31.2. The van der Waals surface area contributed by atoms with Crippen molar-refractivity contribution in [3.63, 3.8) is 0 Å². The first-order chi connectivity index (χ1) is 33.4. The van der Waals surface area contributed by atoms with Crippen LogP contribution in [0.15, 0.2) is 115 Å². The lowest BCUT2D eigenvalue weighted by Gasteiger charge is -2.28. The average Bonchev–Trinajstić information content (AvgIpc) is 3.36. The maximum Gasteiger partial charge on any atom is 0.265 e. The molecule has 0 spiro atoms. The van der Waals surface area contributed by atoms with E-state index in [4.69, 9.17) is 23.2 Å². The lowest BCUT2D eigenvalue weighted by atomic mass is 9.93. The number of imide groups is 3. The Bertz CT molecular complexity index is 3170. The molecule has 0 aromatic heterocycles. The molecule has 0 radical (unpaired) electrons. The van der Waals surface area contributed by atoms with Crippen LogP contribution in [0.25, 0.3) is 32.3 Å². The van der Waals surface area contributed by atoms with E-state index in [9.17, 15) is 38.4 Å². The Hall–Kier alpha value is -7.82. The molecular weight excluding hydrogens is 922 g/mol. The molecule has 4 N–H and O–H groups in total. The highest BCUT2D eigenvalue weighted by Crippen LogP contribution is 2.37. The molecule has 10 rings (SSSR count). The van der Waals surface area contributed by atoms with Crippen LogP contribution < -0.4 is 26.2 Å². The second-order valence-electron chi connectivity index (χ2n) is 16.6. The molecule has 3 heterocycles. The van der Waals surface area contributed by atoms with Gasteiger partial charge in [0, 0.05) is 134 Å². The van der Waals surface area contributed by atoms with Gasteiger partial charge in [-0.1, -0.05) is 71.7 Å². The van der Waals surface area contributed by atoms with E-state index in [2.05, 4.69) is 21.3 Å². The normalized spacial score (nSPS) is 14.1. The van der Waals surface area contributed by atoms with Crippen LogP contribution in [-0.2, 0) is 0 Å². The molecule has 17 heteroatoms. The van der Waals surface area contributed by atoms with E-state index in [1.165, 1.54) is 28.0 Å². The SMILES string of the molecule is O=C(NCCNCCN1C(=O)c2cccc3c(Cl)ccc(c23)C1=O)c1cc(C(=O)NCCNCCN2C(=O)c3cccc4c(Cl)ccc(c34)C2=O)cc(N2C(=O)c3cccc4cccc(c34)C2=O)c1. The number of hydrogen-bond donors (Lipinski definition) is 4. The molecule has 15 nitrogen and oxygen atoms in total. The highest BCUT2D eigenvalue weighted by molar-refractivity contribution is 6.39. The van der Waals surface area contributed by atoms with E-state index in [0.717, 1.165) is 4.90 Å². The number of carbonyl (C=O) groups excluding carboxylic acids is 8. The van der Waals surface area contributed by atoms with Gasteiger partial charge in [0.05, 0.1) is 5.69 Å². The summed E-state index contributed by atoms with van der Waals surface area (Å²) < 4.78 is 0. The van der Waals surface area contributed by atoms with Crippen LogP contribution in [0, 0.1) is 0 Å². The fraction of sp³-hybridized carbons (Fsp3) is 0.154. The summed E-state index contributed by atoms with van der Waals surface area (Å²) in [7, 11) is 0. The van der Waals surface area contributed by atoms with Crippen LogP contribution in [0.5, 0.6) is 0 Å². The summed E-state index contributed by atoms with van der Waals surface area (Å²) in [5.74, 6) is -4.16. The molecule has 0 atom stereocenters. The zero-order chi connectivity index (χ0) is 48.1. The Morgan fingerprint density at radius 2 is 0.812 bits per heavy atom. The Morgan fingerprint density at radius 3 is 1.25 bits per heavy atom. The van der Waals surface area contributed by atoms with E-state index < -0.39 is 47.3 Å². The topological polar surface area (TPSA) is 194 Å². The Labute approximate surface area is 403 Å². The number of benzene rings is 7. The highest BCUT2D eigenvalue weighted by atomic mass is 35.5. The Morgan fingerprint density at radius 1 is 0.420 bits per heavy atom. The molecule has 7 aromatic carbocycles. The predicted molar refractivity (Wildman–Crippen MR) is 261 cm³/mol. The third kappa shape index (κ3) is 7.94. The van der Waals surface area contributed by atoms with Crippen molar-refractivity contribution in [2.24, 2.45) is 0 Å². The second kappa shape index (κ2) is 18.3. The van der Waals surface area contributed by atoms with Crippen LogP contribution in [0.3, 0.4) is 0 Å². The smallest absolute Gasteiger partial charge is 0.265 e. The van der Waals surface area contributed by atoms with Crippen molar-refractivity contribution in [3.05, 3.63) is 170 Å². The van der Waals surface area contributed by atoms with Gasteiger partial charge in [0.15, 0.2) is 0 Å². The minimum atomic E-state index is -0.620. The number of amides is 8. The highest BCUT2D eigenvalue weighted by Gasteiger charge is 2.36. The van der Waals surface area contributed by atoms with Crippen LogP contribution in [-0.4, -0.2) is 109 Å². The average molecular weight is 961 g/mol. The predicted octanol–water partition coefficient (Wildman–Crippen LogP) is 6.48. The number of rotatable bonds is 15. The van der Waals surface area contributed by atoms with Crippen molar-refractivity contribution in [2.75, 3.05) is 57.3 Å². The summed E-state index contributed by atoms with van der Waals surface area (Å²) in [6.45, 7) is 1.26. The molecule has 8 amide bonds. The summed E-state index contributed by atoms with van der Waals surface area (Å²) in [6.07, 6.45) is 0. The van der Waals surface area contributed by atoms with Crippen molar-refractivity contribution in [1.82, 2.24) is 31.1 Å². The van der Waals surface area contributed by atoms with E-state index in [-0.39, 0.29) is 80.3 Å². The summed E-state index contributed by atoms with van der Waals surface area (Å²) in [5, 5.41) is 16.3. The van der Waals surface area contributed by atoms with Gasteiger partial charge in [-0.15, -0.1) is 0 Å². The Kier molecular flexibility index (Phi) is 12.0. The monoisotopic (exact) mass is 959 g/mol. The fourth-order valence-corrected chi connectivity index (χ4v) is 9.70. The Balaban J connectivity index is 0.788. The van der Waals surface area contributed by atoms with E-state index >= 15 is 0 Å². The molecule has 0 bridgehead atoms.